The molecule has 0 spiro atoms. The molecule has 1 saturated heterocycles. The fraction of sp³-hybridized carbons (Fsp3) is 0.261. The summed E-state index contributed by atoms with van der Waals surface area (Å²) in [6, 6.07) is 12.8. The average Bonchev–Trinajstić information content (AvgIpc) is 3.33. The van der Waals surface area contributed by atoms with Crippen molar-refractivity contribution in [2.75, 3.05) is 25.0 Å². The first kappa shape index (κ1) is 20.6. The van der Waals surface area contributed by atoms with E-state index in [0.29, 0.717) is 30.9 Å². The number of likely N-dealkylation sites (tertiary alicyclic amines) is 1. The first-order chi connectivity index (χ1) is 15.1. The fourth-order valence-corrected chi connectivity index (χ4v) is 3.77. The summed E-state index contributed by atoms with van der Waals surface area (Å²) in [5.41, 5.74) is 1.98. The second kappa shape index (κ2) is 9.42. The second-order valence-electron chi connectivity index (χ2n) is 7.62. The first-order valence-corrected chi connectivity index (χ1v) is 10.3. The van der Waals surface area contributed by atoms with E-state index in [1.165, 1.54) is 18.2 Å². The van der Waals surface area contributed by atoms with Crippen LogP contribution in [0.2, 0.25) is 0 Å². The van der Waals surface area contributed by atoms with E-state index in [9.17, 15) is 14.0 Å². The minimum Gasteiger partial charge on any atom is -0.338 e. The topological polar surface area (TPSA) is 79.3 Å². The van der Waals surface area contributed by atoms with Crippen molar-refractivity contribution >= 4 is 17.6 Å². The Kier molecular flexibility index (Phi) is 6.26. The van der Waals surface area contributed by atoms with Crippen molar-refractivity contribution in [3.8, 4) is 5.69 Å². The van der Waals surface area contributed by atoms with Crippen LogP contribution in [0.3, 0.4) is 0 Å². The molecule has 1 fully saturated rings. The SMILES string of the molecule is O=C(NCC1CCCN(C(=O)c2ccc(-n3ccnc3)cc2)C1)Nc1cccc(F)c1. The van der Waals surface area contributed by atoms with Gasteiger partial charge in [-0.1, -0.05) is 6.07 Å². The zero-order valence-electron chi connectivity index (χ0n) is 17.0. The maximum Gasteiger partial charge on any atom is 0.319 e. The fourth-order valence-electron chi connectivity index (χ4n) is 3.77. The Balaban J connectivity index is 1.29. The Morgan fingerprint density at radius 3 is 2.74 bits per heavy atom. The lowest BCUT2D eigenvalue weighted by molar-refractivity contribution is 0.0675. The number of carbonyl (C=O) groups excluding carboxylic acids is 2. The van der Waals surface area contributed by atoms with Gasteiger partial charge in [0.2, 0.25) is 0 Å². The highest BCUT2D eigenvalue weighted by molar-refractivity contribution is 5.94. The molecule has 1 aromatic heterocycles. The Hall–Kier alpha value is -3.68. The molecule has 2 N–H and O–H groups in total. The maximum atomic E-state index is 13.2. The molecule has 3 amide bonds. The number of aromatic nitrogens is 2. The van der Waals surface area contributed by atoms with Gasteiger partial charge in [0, 0.05) is 49.0 Å². The van der Waals surface area contributed by atoms with Crippen LogP contribution >= 0.6 is 0 Å². The minimum absolute atomic E-state index is 0.00825. The van der Waals surface area contributed by atoms with Crippen LogP contribution in [-0.2, 0) is 0 Å². The molecule has 1 aliphatic rings. The highest BCUT2D eigenvalue weighted by Crippen LogP contribution is 2.19. The molecule has 0 saturated carbocycles. The monoisotopic (exact) mass is 421 g/mol. The van der Waals surface area contributed by atoms with Crippen molar-refractivity contribution in [1.29, 1.82) is 0 Å². The van der Waals surface area contributed by atoms with Gasteiger partial charge < -0.3 is 20.1 Å². The molecule has 160 valence electrons. The van der Waals surface area contributed by atoms with Gasteiger partial charge >= 0.3 is 6.03 Å². The van der Waals surface area contributed by atoms with Crippen LogP contribution in [-0.4, -0.2) is 46.0 Å². The molecular formula is C23H24FN5O2. The number of hydrogen-bond donors (Lipinski definition) is 2. The maximum absolute atomic E-state index is 13.2. The van der Waals surface area contributed by atoms with Crippen LogP contribution in [0.1, 0.15) is 23.2 Å². The zero-order valence-corrected chi connectivity index (χ0v) is 17.0. The summed E-state index contributed by atoms with van der Waals surface area (Å²) in [6.45, 7) is 1.74. The molecule has 8 heteroatoms. The van der Waals surface area contributed by atoms with E-state index in [2.05, 4.69) is 15.6 Å². The van der Waals surface area contributed by atoms with Gasteiger partial charge in [0.1, 0.15) is 5.82 Å². The lowest BCUT2D eigenvalue weighted by Gasteiger charge is -2.33. The lowest BCUT2D eigenvalue weighted by Crippen LogP contribution is -2.44. The third-order valence-electron chi connectivity index (χ3n) is 5.36. The number of nitrogens with one attached hydrogen (secondary N) is 2. The van der Waals surface area contributed by atoms with Crippen molar-refractivity contribution in [2.45, 2.75) is 12.8 Å². The van der Waals surface area contributed by atoms with Gasteiger partial charge in [-0.25, -0.2) is 14.2 Å². The van der Waals surface area contributed by atoms with Crippen molar-refractivity contribution in [3.63, 3.8) is 0 Å². The molecule has 3 aromatic rings. The number of amides is 3. The normalized spacial score (nSPS) is 16.0. The van der Waals surface area contributed by atoms with Gasteiger partial charge in [0.25, 0.3) is 5.91 Å². The number of benzene rings is 2. The van der Waals surface area contributed by atoms with E-state index < -0.39 is 5.82 Å². The van der Waals surface area contributed by atoms with Crippen molar-refractivity contribution in [2.24, 2.45) is 5.92 Å². The average molecular weight is 421 g/mol. The van der Waals surface area contributed by atoms with E-state index in [1.807, 2.05) is 39.9 Å². The van der Waals surface area contributed by atoms with Gasteiger partial charge in [-0.3, -0.25) is 4.79 Å². The Bertz CT molecular complexity index is 1040. The molecule has 1 atom stereocenters. The van der Waals surface area contributed by atoms with Crippen molar-refractivity contribution in [1.82, 2.24) is 19.8 Å². The lowest BCUT2D eigenvalue weighted by atomic mass is 9.97. The summed E-state index contributed by atoms with van der Waals surface area (Å²) < 4.78 is 15.1. The van der Waals surface area contributed by atoms with Gasteiger partial charge in [-0.05, 0) is 61.2 Å². The first-order valence-electron chi connectivity index (χ1n) is 10.3. The largest absolute Gasteiger partial charge is 0.338 e. The van der Waals surface area contributed by atoms with Crippen LogP contribution in [0.15, 0.2) is 67.3 Å². The molecule has 2 heterocycles. The molecule has 0 aliphatic carbocycles. The smallest absolute Gasteiger partial charge is 0.319 e. The summed E-state index contributed by atoms with van der Waals surface area (Å²) in [5, 5.41) is 5.45. The van der Waals surface area contributed by atoms with Gasteiger partial charge in [0.15, 0.2) is 0 Å². The molecule has 0 radical (unpaired) electrons. The van der Waals surface area contributed by atoms with E-state index >= 15 is 0 Å². The Labute approximate surface area is 179 Å². The molecular weight excluding hydrogens is 397 g/mol. The van der Waals surface area contributed by atoms with E-state index in [4.69, 9.17) is 0 Å². The molecule has 0 bridgehead atoms. The van der Waals surface area contributed by atoms with Crippen LogP contribution in [0.5, 0.6) is 0 Å². The number of urea groups is 1. The predicted octanol–water partition coefficient (Wildman–Crippen LogP) is 3.69. The van der Waals surface area contributed by atoms with Crippen LogP contribution < -0.4 is 10.6 Å². The number of anilines is 1. The predicted molar refractivity (Wildman–Crippen MR) is 116 cm³/mol. The van der Waals surface area contributed by atoms with Crippen LogP contribution in [0.25, 0.3) is 5.69 Å². The van der Waals surface area contributed by atoms with Gasteiger partial charge in [-0.15, -0.1) is 0 Å². The standard InChI is InChI=1S/C23H24FN5O2/c24-19-4-1-5-20(13-19)27-23(31)26-14-17-3-2-11-28(15-17)22(30)18-6-8-21(9-7-18)29-12-10-25-16-29/h1,4-10,12-13,16-17H,2-3,11,14-15H2,(H2,26,27,31). The number of carbonyl (C=O) groups is 2. The quantitative estimate of drug-likeness (QED) is 0.660. The number of nitrogens with zero attached hydrogens (tertiary/aromatic N) is 3. The van der Waals surface area contributed by atoms with E-state index in [0.717, 1.165) is 18.5 Å². The Morgan fingerprint density at radius 2 is 2.00 bits per heavy atom. The Morgan fingerprint density at radius 1 is 1.16 bits per heavy atom. The molecule has 1 unspecified atom stereocenters. The zero-order chi connectivity index (χ0) is 21.6. The minimum atomic E-state index is -0.405. The third-order valence-corrected chi connectivity index (χ3v) is 5.36. The van der Waals surface area contributed by atoms with Crippen LogP contribution in [0.4, 0.5) is 14.9 Å². The summed E-state index contributed by atoms with van der Waals surface area (Å²) in [5.74, 6) is -0.246. The van der Waals surface area contributed by atoms with Gasteiger partial charge in [0.05, 0.1) is 6.33 Å². The summed E-state index contributed by atoms with van der Waals surface area (Å²) in [6.07, 6.45) is 7.09. The third kappa shape index (κ3) is 5.28. The second-order valence-corrected chi connectivity index (χ2v) is 7.62. The molecule has 7 nitrogen and oxygen atoms in total. The molecule has 31 heavy (non-hydrogen) atoms. The van der Waals surface area contributed by atoms with Crippen LogP contribution in [0, 0.1) is 11.7 Å². The highest BCUT2D eigenvalue weighted by atomic mass is 19.1. The number of rotatable bonds is 5. The molecule has 2 aromatic carbocycles. The number of imidazole rings is 1. The number of piperidine rings is 1. The van der Waals surface area contributed by atoms with Crippen molar-refractivity contribution < 1.29 is 14.0 Å². The van der Waals surface area contributed by atoms with Gasteiger partial charge in [-0.2, -0.15) is 0 Å². The summed E-state index contributed by atoms with van der Waals surface area (Å²) in [4.78, 5) is 30.9. The molecule has 4 rings (SSSR count). The van der Waals surface area contributed by atoms with E-state index in [-0.39, 0.29) is 17.9 Å². The van der Waals surface area contributed by atoms with E-state index in [1.54, 1.807) is 18.6 Å². The molecule has 1 aliphatic heterocycles. The highest BCUT2D eigenvalue weighted by Gasteiger charge is 2.25. The number of hydrogen-bond acceptors (Lipinski definition) is 3. The summed E-state index contributed by atoms with van der Waals surface area (Å²) in [7, 11) is 0. The number of halogens is 1. The summed E-state index contributed by atoms with van der Waals surface area (Å²) >= 11 is 0. The van der Waals surface area contributed by atoms with Crippen molar-refractivity contribution in [3.05, 3.63) is 78.6 Å².